The van der Waals surface area contributed by atoms with Gasteiger partial charge in [0.1, 0.15) is 0 Å². The van der Waals surface area contributed by atoms with Gasteiger partial charge >= 0.3 is 0 Å². The number of thiophene rings is 1. The van der Waals surface area contributed by atoms with Crippen LogP contribution >= 0.6 is 22.9 Å². The van der Waals surface area contributed by atoms with Crippen LogP contribution < -0.4 is 0 Å². The number of nitrogens with zero attached hydrogens (tertiary/aromatic N) is 1. The molecular formula is C10H10ClNS. The van der Waals surface area contributed by atoms with Crippen molar-refractivity contribution in [2.24, 2.45) is 0 Å². The molecule has 3 heteroatoms. The maximum absolute atomic E-state index is 8.80. The minimum absolute atomic E-state index is 0.601. The SMILES string of the molecule is CCC(C#N)=C(Cl)c1cscc1C. The number of allylic oxidation sites excluding steroid dienone is 1. The Bertz CT molecular complexity index is 371. The maximum Gasteiger partial charge on any atom is 0.0962 e. The van der Waals surface area contributed by atoms with E-state index in [0.29, 0.717) is 17.0 Å². The highest BCUT2D eigenvalue weighted by atomic mass is 35.5. The van der Waals surface area contributed by atoms with E-state index in [1.54, 1.807) is 11.3 Å². The molecule has 68 valence electrons. The summed E-state index contributed by atoms with van der Waals surface area (Å²) < 4.78 is 0. The fourth-order valence-electron chi connectivity index (χ4n) is 1.03. The van der Waals surface area contributed by atoms with Gasteiger partial charge in [-0.3, -0.25) is 0 Å². The molecule has 0 radical (unpaired) electrons. The molecule has 1 aromatic heterocycles. The molecular weight excluding hydrogens is 202 g/mol. The summed E-state index contributed by atoms with van der Waals surface area (Å²) in [6, 6.07) is 2.12. The maximum atomic E-state index is 8.80. The van der Waals surface area contributed by atoms with Crippen LogP contribution in [0.3, 0.4) is 0 Å². The molecule has 0 aliphatic carbocycles. The lowest BCUT2D eigenvalue weighted by Crippen LogP contribution is -1.83. The van der Waals surface area contributed by atoms with Crippen molar-refractivity contribution in [3.63, 3.8) is 0 Å². The van der Waals surface area contributed by atoms with E-state index in [4.69, 9.17) is 16.9 Å². The van der Waals surface area contributed by atoms with Gasteiger partial charge < -0.3 is 0 Å². The van der Waals surface area contributed by atoms with Gasteiger partial charge in [-0.05, 0) is 29.7 Å². The van der Waals surface area contributed by atoms with Crippen LogP contribution in [-0.2, 0) is 0 Å². The Labute approximate surface area is 87.3 Å². The first-order valence-corrected chi connectivity index (χ1v) is 5.34. The average molecular weight is 212 g/mol. The highest BCUT2D eigenvalue weighted by molar-refractivity contribution is 7.08. The van der Waals surface area contributed by atoms with Crippen molar-refractivity contribution >= 4 is 28.0 Å². The predicted octanol–water partition coefficient (Wildman–Crippen LogP) is 3.94. The number of hydrogen-bond donors (Lipinski definition) is 0. The van der Waals surface area contributed by atoms with Gasteiger partial charge in [0.2, 0.25) is 0 Å². The number of nitriles is 1. The highest BCUT2D eigenvalue weighted by Crippen LogP contribution is 2.29. The van der Waals surface area contributed by atoms with Crippen LogP contribution in [0.1, 0.15) is 24.5 Å². The molecule has 0 spiro atoms. The van der Waals surface area contributed by atoms with E-state index in [2.05, 4.69) is 6.07 Å². The largest absolute Gasteiger partial charge is 0.193 e. The van der Waals surface area contributed by atoms with E-state index in [1.165, 1.54) is 0 Å². The quantitative estimate of drug-likeness (QED) is 0.680. The summed E-state index contributed by atoms with van der Waals surface area (Å²) in [5.41, 5.74) is 2.78. The summed E-state index contributed by atoms with van der Waals surface area (Å²) in [7, 11) is 0. The van der Waals surface area contributed by atoms with Gasteiger partial charge in [0.25, 0.3) is 0 Å². The van der Waals surface area contributed by atoms with Gasteiger partial charge in [-0.2, -0.15) is 16.6 Å². The first-order valence-electron chi connectivity index (χ1n) is 4.02. The fraction of sp³-hybridized carbons (Fsp3) is 0.300. The summed E-state index contributed by atoms with van der Waals surface area (Å²) >= 11 is 7.69. The van der Waals surface area contributed by atoms with Crippen molar-refractivity contribution in [2.75, 3.05) is 0 Å². The molecule has 0 bridgehead atoms. The molecule has 0 atom stereocenters. The van der Waals surface area contributed by atoms with Crippen LogP contribution in [0.4, 0.5) is 0 Å². The minimum Gasteiger partial charge on any atom is -0.193 e. The summed E-state index contributed by atoms with van der Waals surface area (Å²) in [5.74, 6) is 0. The summed E-state index contributed by atoms with van der Waals surface area (Å²) in [6.45, 7) is 3.93. The zero-order chi connectivity index (χ0) is 9.84. The zero-order valence-corrected chi connectivity index (χ0v) is 9.17. The van der Waals surface area contributed by atoms with Crippen LogP contribution in [0.15, 0.2) is 16.3 Å². The number of hydrogen-bond acceptors (Lipinski definition) is 2. The average Bonchev–Trinajstić information content (AvgIpc) is 2.53. The lowest BCUT2D eigenvalue weighted by atomic mass is 10.1. The molecule has 0 saturated carbocycles. The highest BCUT2D eigenvalue weighted by Gasteiger charge is 2.08. The second-order valence-corrected chi connectivity index (χ2v) is 3.85. The molecule has 13 heavy (non-hydrogen) atoms. The van der Waals surface area contributed by atoms with Crippen LogP contribution in [0, 0.1) is 18.3 Å². The second kappa shape index (κ2) is 4.45. The molecule has 0 fully saturated rings. The lowest BCUT2D eigenvalue weighted by Gasteiger charge is -1.99. The van der Waals surface area contributed by atoms with Crippen molar-refractivity contribution < 1.29 is 0 Å². The summed E-state index contributed by atoms with van der Waals surface area (Å²) in [4.78, 5) is 0. The molecule has 0 saturated heterocycles. The lowest BCUT2D eigenvalue weighted by molar-refractivity contribution is 1.16. The van der Waals surface area contributed by atoms with E-state index < -0.39 is 0 Å². The Morgan fingerprint density at radius 2 is 2.31 bits per heavy atom. The van der Waals surface area contributed by atoms with Crippen LogP contribution in [-0.4, -0.2) is 0 Å². The first-order chi connectivity index (χ1) is 6.20. The number of rotatable bonds is 2. The molecule has 0 aliphatic rings. The Morgan fingerprint density at radius 3 is 2.69 bits per heavy atom. The smallest absolute Gasteiger partial charge is 0.0962 e. The molecule has 0 N–H and O–H groups in total. The number of aryl methyl sites for hydroxylation is 1. The van der Waals surface area contributed by atoms with Gasteiger partial charge in [0.15, 0.2) is 0 Å². The third-order valence-electron chi connectivity index (χ3n) is 1.85. The molecule has 0 amide bonds. The monoisotopic (exact) mass is 211 g/mol. The van der Waals surface area contributed by atoms with Crippen LogP contribution in [0.2, 0.25) is 0 Å². The summed E-state index contributed by atoms with van der Waals surface area (Å²) in [6.07, 6.45) is 0.685. The Kier molecular flexibility index (Phi) is 3.53. The normalized spacial score (nSPS) is 12.2. The molecule has 1 rings (SSSR count). The van der Waals surface area contributed by atoms with E-state index in [-0.39, 0.29) is 0 Å². The van der Waals surface area contributed by atoms with Gasteiger partial charge in [-0.15, -0.1) is 0 Å². The first kappa shape index (κ1) is 10.3. The molecule has 0 unspecified atom stereocenters. The third kappa shape index (κ3) is 2.12. The predicted molar refractivity (Wildman–Crippen MR) is 57.7 cm³/mol. The zero-order valence-electron chi connectivity index (χ0n) is 7.60. The number of halogens is 1. The molecule has 1 nitrogen and oxygen atoms in total. The molecule has 0 aromatic carbocycles. The van der Waals surface area contributed by atoms with Gasteiger partial charge in [0, 0.05) is 11.1 Å². The van der Waals surface area contributed by atoms with Crippen molar-refractivity contribution in [3.05, 3.63) is 27.5 Å². The van der Waals surface area contributed by atoms with Crippen LogP contribution in [0.25, 0.3) is 5.03 Å². The van der Waals surface area contributed by atoms with Crippen LogP contribution in [0.5, 0.6) is 0 Å². The van der Waals surface area contributed by atoms with E-state index in [9.17, 15) is 0 Å². The second-order valence-electron chi connectivity index (χ2n) is 2.73. The topological polar surface area (TPSA) is 23.8 Å². The van der Waals surface area contributed by atoms with Crippen molar-refractivity contribution in [2.45, 2.75) is 20.3 Å². The minimum atomic E-state index is 0.601. The van der Waals surface area contributed by atoms with Gasteiger partial charge in [-0.25, -0.2) is 0 Å². The summed E-state index contributed by atoms with van der Waals surface area (Å²) in [5, 5.41) is 13.4. The van der Waals surface area contributed by atoms with Gasteiger partial charge in [-0.1, -0.05) is 18.5 Å². The standard InChI is InChI=1S/C10H10ClNS/c1-3-8(4-12)10(11)9-6-13-5-7(9)2/h5-6H,3H2,1-2H3. The Balaban J connectivity index is 3.17. The fourth-order valence-corrected chi connectivity index (χ4v) is 2.31. The molecule has 1 heterocycles. The van der Waals surface area contributed by atoms with Gasteiger partial charge in [0.05, 0.1) is 11.1 Å². The van der Waals surface area contributed by atoms with E-state index >= 15 is 0 Å². The Hall–Kier alpha value is -0.780. The Morgan fingerprint density at radius 1 is 1.62 bits per heavy atom. The van der Waals surface area contributed by atoms with Crippen molar-refractivity contribution in [3.8, 4) is 6.07 Å². The van der Waals surface area contributed by atoms with Crippen molar-refractivity contribution in [1.29, 1.82) is 5.26 Å². The molecule has 1 aromatic rings. The molecule has 0 aliphatic heterocycles. The van der Waals surface area contributed by atoms with E-state index in [0.717, 1.165) is 11.1 Å². The van der Waals surface area contributed by atoms with Crippen molar-refractivity contribution in [1.82, 2.24) is 0 Å². The third-order valence-corrected chi connectivity index (χ3v) is 3.14. The van der Waals surface area contributed by atoms with E-state index in [1.807, 2.05) is 24.6 Å².